The van der Waals surface area contributed by atoms with Crippen LogP contribution in [0, 0.1) is 0 Å². The van der Waals surface area contributed by atoms with Crippen molar-refractivity contribution in [3.63, 3.8) is 0 Å². The van der Waals surface area contributed by atoms with Gasteiger partial charge in [-0.2, -0.15) is 9.78 Å². The van der Waals surface area contributed by atoms with Gasteiger partial charge in [-0.15, -0.1) is 11.8 Å². The summed E-state index contributed by atoms with van der Waals surface area (Å²) >= 11 is 7.34. The number of nitrogens with one attached hydrogen (secondary N) is 1. The van der Waals surface area contributed by atoms with Crippen molar-refractivity contribution in [3.05, 3.63) is 81.7 Å². The quantitative estimate of drug-likeness (QED) is 0.613. The van der Waals surface area contributed by atoms with Gasteiger partial charge in [0.15, 0.2) is 5.69 Å². The van der Waals surface area contributed by atoms with Crippen LogP contribution in [0.2, 0.25) is 5.02 Å². The third-order valence-electron chi connectivity index (χ3n) is 3.68. The van der Waals surface area contributed by atoms with E-state index in [2.05, 4.69) is 10.4 Å². The maximum absolute atomic E-state index is 12.8. The number of hydrogen-bond donors (Lipinski definition) is 1. The first kappa shape index (κ1) is 19.2. The number of amides is 1. The Morgan fingerprint density at radius 3 is 2.52 bits per heavy atom. The molecule has 0 atom stereocenters. The summed E-state index contributed by atoms with van der Waals surface area (Å²) in [5.74, 6) is 0.415. The van der Waals surface area contributed by atoms with Gasteiger partial charge in [0.1, 0.15) is 0 Å². The van der Waals surface area contributed by atoms with Gasteiger partial charge >= 0.3 is 0 Å². The molecule has 3 aromatic rings. The first-order chi connectivity index (χ1) is 13.1. The van der Waals surface area contributed by atoms with Crippen LogP contribution in [0.15, 0.2) is 70.4 Å². The monoisotopic (exact) mass is 399 g/mol. The van der Waals surface area contributed by atoms with Gasteiger partial charge in [0.25, 0.3) is 11.5 Å². The van der Waals surface area contributed by atoms with Gasteiger partial charge in [0, 0.05) is 21.7 Å². The van der Waals surface area contributed by atoms with Gasteiger partial charge in [-0.05, 0) is 48.6 Å². The molecule has 7 heteroatoms. The number of halogens is 1. The topological polar surface area (TPSA) is 64.0 Å². The highest BCUT2D eigenvalue weighted by molar-refractivity contribution is 7.99. The summed E-state index contributed by atoms with van der Waals surface area (Å²) < 4.78 is 1.24. The molecule has 5 nitrogen and oxygen atoms in total. The number of hydrogen-bond acceptors (Lipinski definition) is 4. The SMILES string of the molecule is CCCSc1cc(=O)n(-c2ccccc2)nc1C(=O)Nc1ccc(Cl)cc1. The zero-order chi connectivity index (χ0) is 19.2. The fourth-order valence-corrected chi connectivity index (χ4v) is 3.40. The number of nitrogens with zero attached hydrogens (tertiary/aromatic N) is 2. The summed E-state index contributed by atoms with van der Waals surface area (Å²) in [6, 6.07) is 17.3. The highest BCUT2D eigenvalue weighted by atomic mass is 35.5. The van der Waals surface area contributed by atoms with Gasteiger partial charge in [0.2, 0.25) is 0 Å². The number of carbonyl (C=O) groups excluding carboxylic acids is 1. The van der Waals surface area contributed by atoms with E-state index in [1.165, 1.54) is 22.5 Å². The van der Waals surface area contributed by atoms with Crippen molar-refractivity contribution in [1.82, 2.24) is 9.78 Å². The lowest BCUT2D eigenvalue weighted by Gasteiger charge is -2.12. The summed E-state index contributed by atoms with van der Waals surface area (Å²) in [5, 5.41) is 7.75. The average molecular weight is 400 g/mol. The molecule has 0 unspecified atom stereocenters. The molecule has 0 aliphatic carbocycles. The first-order valence-corrected chi connectivity index (χ1v) is 9.84. The van der Waals surface area contributed by atoms with E-state index in [0.29, 0.717) is 21.3 Å². The number of anilines is 1. The Balaban J connectivity index is 2.00. The van der Waals surface area contributed by atoms with Crippen molar-refractivity contribution < 1.29 is 4.79 Å². The van der Waals surface area contributed by atoms with Gasteiger partial charge in [-0.3, -0.25) is 9.59 Å². The van der Waals surface area contributed by atoms with Crippen LogP contribution in [0.1, 0.15) is 23.8 Å². The molecule has 0 spiro atoms. The Morgan fingerprint density at radius 1 is 1.15 bits per heavy atom. The number of benzene rings is 2. The van der Waals surface area contributed by atoms with Crippen LogP contribution >= 0.6 is 23.4 Å². The number of carbonyl (C=O) groups is 1. The lowest BCUT2D eigenvalue weighted by Crippen LogP contribution is -2.26. The molecule has 0 fully saturated rings. The minimum atomic E-state index is -0.374. The number of thioether (sulfide) groups is 1. The Hall–Kier alpha value is -2.57. The maximum atomic E-state index is 12.8. The van der Waals surface area contributed by atoms with E-state index in [0.717, 1.165) is 12.2 Å². The van der Waals surface area contributed by atoms with E-state index >= 15 is 0 Å². The Labute approximate surface area is 166 Å². The zero-order valence-electron chi connectivity index (χ0n) is 14.7. The summed E-state index contributed by atoms with van der Waals surface area (Å²) in [7, 11) is 0. The minimum absolute atomic E-state index is 0.215. The van der Waals surface area contributed by atoms with Crippen molar-refractivity contribution in [1.29, 1.82) is 0 Å². The minimum Gasteiger partial charge on any atom is -0.321 e. The van der Waals surface area contributed by atoms with E-state index in [4.69, 9.17) is 11.6 Å². The standard InChI is InChI=1S/C20H18ClN3O2S/c1-2-12-27-17-13-18(25)24(16-6-4-3-5-7-16)23-19(17)20(26)22-15-10-8-14(21)9-11-15/h3-11,13H,2,12H2,1H3,(H,22,26). The van der Waals surface area contributed by atoms with E-state index < -0.39 is 0 Å². The molecule has 0 radical (unpaired) electrons. The summed E-state index contributed by atoms with van der Waals surface area (Å²) in [6.45, 7) is 2.04. The average Bonchev–Trinajstić information content (AvgIpc) is 2.68. The van der Waals surface area contributed by atoms with Gasteiger partial charge < -0.3 is 5.32 Å². The predicted octanol–water partition coefficient (Wildman–Crippen LogP) is 4.64. The molecule has 27 heavy (non-hydrogen) atoms. The maximum Gasteiger partial charge on any atom is 0.277 e. The van der Waals surface area contributed by atoms with Gasteiger partial charge in [-0.1, -0.05) is 36.7 Å². The second-order valence-electron chi connectivity index (χ2n) is 5.75. The van der Waals surface area contributed by atoms with Gasteiger partial charge in [-0.25, -0.2) is 0 Å². The molecular weight excluding hydrogens is 382 g/mol. The zero-order valence-corrected chi connectivity index (χ0v) is 16.3. The summed E-state index contributed by atoms with van der Waals surface area (Å²) in [5.41, 5.74) is 1.15. The fraction of sp³-hybridized carbons (Fsp3) is 0.150. The van der Waals surface area contributed by atoms with Crippen LogP contribution in [0.3, 0.4) is 0 Å². The molecule has 0 aliphatic rings. The molecule has 0 aliphatic heterocycles. The van der Waals surface area contributed by atoms with Crippen LogP contribution < -0.4 is 10.9 Å². The molecule has 1 N–H and O–H groups in total. The smallest absolute Gasteiger partial charge is 0.277 e. The molecule has 1 heterocycles. The number of rotatable bonds is 6. The molecular formula is C20H18ClN3O2S. The molecule has 138 valence electrons. The summed E-state index contributed by atoms with van der Waals surface area (Å²) in [6.07, 6.45) is 0.921. The lowest BCUT2D eigenvalue weighted by atomic mass is 10.3. The van der Waals surface area contributed by atoms with Crippen LogP contribution in [-0.2, 0) is 0 Å². The molecule has 1 aromatic heterocycles. The molecule has 2 aromatic carbocycles. The van der Waals surface area contributed by atoms with E-state index in [9.17, 15) is 9.59 Å². The Bertz CT molecular complexity index is 988. The highest BCUT2D eigenvalue weighted by Crippen LogP contribution is 2.22. The highest BCUT2D eigenvalue weighted by Gasteiger charge is 2.18. The van der Waals surface area contributed by atoms with Crippen molar-refractivity contribution in [2.24, 2.45) is 0 Å². The van der Waals surface area contributed by atoms with Crippen LogP contribution in [0.4, 0.5) is 5.69 Å². The fourth-order valence-electron chi connectivity index (χ4n) is 2.40. The van der Waals surface area contributed by atoms with Crippen LogP contribution in [-0.4, -0.2) is 21.4 Å². The molecule has 0 saturated carbocycles. The molecule has 0 saturated heterocycles. The van der Waals surface area contributed by atoms with Crippen LogP contribution in [0.25, 0.3) is 5.69 Å². The number of aromatic nitrogens is 2. The van der Waals surface area contributed by atoms with Crippen LogP contribution in [0.5, 0.6) is 0 Å². The molecule has 3 rings (SSSR count). The lowest BCUT2D eigenvalue weighted by molar-refractivity contribution is 0.101. The summed E-state index contributed by atoms with van der Waals surface area (Å²) in [4.78, 5) is 25.9. The van der Waals surface area contributed by atoms with Gasteiger partial charge in [0.05, 0.1) is 5.69 Å². The first-order valence-electron chi connectivity index (χ1n) is 8.48. The van der Waals surface area contributed by atoms with E-state index in [1.54, 1.807) is 36.4 Å². The third-order valence-corrected chi connectivity index (χ3v) is 5.16. The largest absolute Gasteiger partial charge is 0.321 e. The molecule has 0 bridgehead atoms. The second kappa shape index (κ2) is 8.88. The van der Waals surface area contributed by atoms with E-state index in [1.807, 2.05) is 25.1 Å². The van der Waals surface area contributed by atoms with Crippen molar-refractivity contribution in [2.75, 3.05) is 11.1 Å². The van der Waals surface area contributed by atoms with Crippen molar-refractivity contribution in [3.8, 4) is 5.69 Å². The predicted molar refractivity (Wildman–Crippen MR) is 110 cm³/mol. The molecule has 1 amide bonds. The third kappa shape index (κ3) is 4.78. The number of para-hydroxylation sites is 1. The Kier molecular flexibility index (Phi) is 6.32. The van der Waals surface area contributed by atoms with Crippen molar-refractivity contribution in [2.45, 2.75) is 18.2 Å². The normalized spacial score (nSPS) is 10.6. The van der Waals surface area contributed by atoms with Crippen molar-refractivity contribution >= 4 is 35.0 Å². The Morgan fingerprint density at radius 2 is 1.85 bits per heavy atom. The second-order valence-corrected chi connectivity index (χ2v) is 7.33. The van der Waals surface area contributed by atoms with E-state index in [-0.39, 0.29) is 17.2 Å².